The summed E-state index contributed by atoms with van der Waals surface area (Å²) in [5.41, 5.74) is 2.00. The van der Waals surface area contributed by atoms with Crippen molar-refractivity contribution in [1.82, 2.24) is 0 Å². The van der Waals surface area contributed by atoms with Crippen molar-refractivity contribution in [3.63, 3.8) is 0 Å². The molecule has 0 heterocycles. The van der Waals surface area contributed by atoms with Gasteiger partial charge >= 0.3 is 0 Å². The monoisotopic (exact) mass is 254 g/mol. The van der Waals surface area contributed by atoms with Crippen molar-refractivity contribution in [3.8, 4) is 0 Å². The van der Waals surface area contributed by atoms with E-state index in [0.717, 1.165) is 24.0 Å². The highest BCUT2D eigenvalue weighted by Crippen LogP contribution is 2.27. The summed E-state index contributed by atoms with van der Waals surface area (Å²) in [6.07, 6.45) is 6.50. The summed E-state index contributed by atoms with van der Waals surface area (Å²) in [6.45, 7) is 4.22. The minimum absolute atomic E-state index is 0.412. The lowest BCUT2D eigenvalue weighted by molar-refractivity contribution is 0.163. The van der Waals surface area contributed by atoms with Crippen LogP contribution in [-0.2, 0) is 0 Å². The summed E-state index contributed by atoms with van der Waals surface area (Å²) in [7, 11) is 0. The van der Waals surface area contributed by atoms with Gasteiger partial charge in [-0.05, 0) is 30.5 Å². The van der Waals surface area contributed by atoms with Gasteiger partial charge in [-0.25, -0.2) is 0 Å². The molecule has 1 nitrogen and oxygen atoms in total. The van der Waals surface area contributed by atoms with Gasteiger partial charge in [0, 0.05) is 5.02 Å². The van der Waals surface area contributed by atoms with Gasteiger partial charge in [-0.1, -0.05) is 62.8 Å². The molecule has 2 heteroatoms. The highest BCUT2D eigenvalue weighted by Gasteiger charge is 2.10. The third-order valence-corrected chi connectivity index (χ3v) is 3.42. The van der Waals surface area contributed by atoms with E-state index in [1.165, 1.54) is 25.7 Å². The molecule has 0 spiro atoms. The van der Waals surface area contributed by atoms with Gasteiger partial charge < -0.3 is 5.11 Å². The van der Waals surface area contributed by atoms with Gasteiger partial charge in [0.1, 0.15) is 0 Å². The maximum Gasteiger partial charge on any atom is 0.0804 e. The first-order valence-corrected chi connectivity index (χ1v) is 6.97. The number of aliphatic hydroxyl groups excluding tert-OH is 1. The molecule has 0 aliphatic heterocycles. The molecule has 96 valence electrons. The van der Waals surface area contributed by atoms with E-state index in [4.69, 9.17) is 11.6 Å². The van der Waals surface area contributed by atoms with Crippen molar-refractivity contribution in [2.45, 2.75) is 58.5 Å². The van der Waals surface area contributed by atoms with E-state index in [9.17, 15) is 5.11 Å². The van der Waals surface area contributed by atoms with Gasteiger partial charge in [-0.3, -0.25) is 0 Å². The van der Waals surface area contributed by atoms with Crippen LogP contribution in [0.25, 0.3) is 0 Å². The lowest BCUT2D eigenvalue weighted by Gasteiger charge is -2.13. The molecule has 0 bridgehead atoms. The van der Waals surface area contributed by atoms with Crippen molar-refractivity contribution >= 4 is 11.6 Å². The summed E-state index contributed by atoms with van der Waals surface area (Å²) >= 11 is 6.13. The van der Waals surface area contributed by atoms with E-state index in [1.54, 1.807) is 0 Å². The lowest BCUT2D eigenvalue weighted by atomic mass is 10.0. The molecule has 1 unspecified atom stereocenters. The fourth-order valence-electron chi connectivity index (χ4n) is 2.00. The third kappa shape index (κ3) is 5.10. The number of hydrogen-bond acceptors (Lipinski definition) is 1. The standard InChI is InChI=1S/C15H23ClO/c1-3-4-5-6-7-8-15(17)13-10-9-12(2)11-14(13)16/h9-11,15,17H,3-8H2,1-2H3. The molecule has 0 fully saturated rings. The van der Waals surface area contributed by atoms with Crippen LogP contribution in [0.3, 0.4) is 0 Å². The molecule has 1 rings (SSSR count). The van der Waals surface area contributed by atoms with Crippen molar-refractivity contribution in [1.29, 1.82) is 0 Å². The molecule has 0 aliphatic carbocycles. The van der Waals surface area contributed by atoms with Crippen LogP contribution in [0, 0.1) is 6.92 Å². The maximum atomic E-state index is 10.1. The molecular weight excluding hydrogens is 232 g/mol. The fourth-order valence-corrected chi connectivity index (χ4v) is 2.36. The largest absolute Gasteiger partial charge is 0.388 e. The SMILES string of the molecule is CCCCCCCC(O)c1ccc(C)cc1Cl. The predicted octanol–water partition coefficient (Wildman–Crippen LogP) is 5.04. The first kappa shape index (κ1) is 14.5. The second-order valence-electron chi connectivity index (χ2n) is 4.74. The third-order valence-electron chi connectivity index (χ3n) is 3.10. The molecule has 0 saturated carbocycles. The van der Waals surface area contributed by atoms with E-state index >= 15 is 0 Å². The Balaban J connectivity index is 2.38. The molecule has 1 atom stereocenters. The Morgan fingerprint density at radius 3 is 2.53 bits per heavy atom. The van der Waals surface area contributed by atoms with E-state index in [-0.39, 0.29) is 0 Å². The van der Waals surface area contributed by atoms with E-state index in [2.05, 4.69) is 6.92 Å². The molecule has 17 heavy (non-hydrogen) atoms. The Kier molecular flexibility index (Phi) is 6.61. The molecule has 0 radical (unpaired) electrons. The quantitative estimate of drug-likeness (QED) is 0.676. The normalized spacial score (nSPS) is 12.7. The molecule has 1 aromatic carbocycles. The number of benzene rings is 1. The van der Waals surface area contributed by atoms with Crippen LogP contribution in [0.1, 0.15) is 62.7 Å². The van der Waals surface area contributed by atoms with Gasteiger partial charge in [0.05, 0.1) is 6.10 Å². The smallest absolute Gasteiger partial charge is 0.0804 e. The van der Waals surface area contributed by atoms with Crippen molar-refractivity contribution in [2.24, 2.45) is 0 Å². The van der Waals surface area contributed by atoms with Crippen LogP contribution in [0.2, 0.25) is 5.02 Å². The number of halogens is 1. The molecule has 1 N–H and O–H groups in total. The van der Waals surface area contributed by atoms with Gasteiger partial charge in [-0.2, -0.15) is 0 Å². The summed E-state index contributed by atoms with van der Waals surface area (Å²) in [6, 6.07) is 5.85. The Hall–Kier alpha value is -0.530. The molecule has 0 saturated heterocycles. The molecule has 1 aromatic rings. The first-order valence-electron chi connectivity index (χ1n) is 6.59. The number of hydrogen-bond donors (Lipinski definition) is 1. The van der Waals surface area contributed by atoms with Crippen LogP contribution in [0.4, 0.5) is 0 Å². The topological polar surface area (TPSA) is 20.2 Å². The van der Waals surface area contributed by atoms with E-state index in [1.807, 2.05) is 25.1 Å². The van der Waals surface area contributed by atoms with Crippen molar-refractivity contribution in [3.05, 3.63) is 34.3 Å². The predicted molar refractivity (Wildman–Crippen MR) is 74.5 cm³/mol. The van der Waals surface area contributed by atoms with Crippen LogP contribution >= 0.6 is 11.6 Å². The van der Waals surface area contributed by atoms with Gasteiger partial charge in [-0.15, -0.1) is 0 Å². The van der Waals surface area contributed by atoms with Crippen LogP contribution in [-0.4, -0.2) is 5.11 Å². The lowest BCUT2D eigenvalue weighted by Crippen LogP contribution is -1.98. The van der Waals surface area contributed by atoms with Crippen LogP contribution in [0.15, 0.2) is 18.2 Å². The van der Waals surface area contributed by atoms with Crippen molar-refractivity contribution < 1.29 is 5.11 Å². The zero-order valence-corrected chi connectivity index (χ0v) is 11.6. The molecule has 0 aliphatic rings. The van der Waals surface area contributed by atoms with E-state index in [0.29, 0.717) is 5.02 Å². The number of aliphatic hydroxyl groups is 1. The minimum atomic E-state index is -0.412. The molecule has 0 aromatic heterocycles. The van der Waals surface area contributed by atoms with Crippen molar-refractivity contribution in [2.75, 3.05) is 0 Å². The molecular formula is C15H23ClO. The fraction of sp³-hybridized carbons (Fsp3) is 0.600. The highest BCUT2D eigenvalue weighted by atomic mass is 35.5. The van der Waals surface area contributed by atoms with E-state index < -0.39 is 6.10 Å². The summed E-state index contributed by atoms with van der Waals surface area (Å²) < 4.78 is 0. The Bertz CT molecular complexity index is 336. The van der Waals surface area contributed by atoms with Gasteiger partial charge in [0.25, 0.3) is 0 Å². The van der Waals surface area contributed by atoms with Crippen LogP contribution in [0.5, 0.6) is 0 Å². The maximum absolute atomic E-state index is 10.1. The number of rotatable bonds is 7. The average molecular weight is 255 g/mol. The van der Waals surface area contributed by atoms with Gasteiger partial charge in [0.2, 0.25) is 0 Å². The highest BCUT2D eigenvalue weighted by molar-refractivity contribution is 6.31. The zero-order valence-electron chi connectivity index (χ0n) is 10.9. The zero-order chi connectivity index (χ0) is 12.7. The minimum Gasteiger partial charge on any atom is -0.388 e. The average Bonchev–Trinajstić information content (AvgIpc) is 2.28. The van der Waals surface area contributed by atoms with Gasteiger partial charge in [0.15, 0.2) is 0 Å². The Morgan fingerprint density at radius 1 is 1.18 bits per heavy atom. The number of unbranched alkanes of at least 4 members (excludes halogenated alkanes) is 4. The first-order chi connectivity index (χ1) is 8.15. The molecule has 0 amide bonds. The Morgan fingerprint density at radius 2 is 1.88 bits per heavy atom. The second kappa shape index (κ2) is 7.73. The summed E-state index contributed by atoms with van der Waals surface area (Å²) in [5.74, 6) is 0. The second-order valence-corrected chi connectivity index (χ2v) is 5.15. The summed E-state index contributed by atoms with van der Waals surface area (Å²) in [5, 5.41) is 10.8. The van der Waals surface area contributed by atoms with Crippen LogP contribution < -0.4 is 0 Å². The number of aryl methyl sites for hydroxylation is 1. The summed E-state index contributed by atoms with van der Waals surface area (Å²) in [4.78, 5) is 0. The Labute approximate surface area is 110 Å².